The molecule has 3 N–H and O–H groups in total. The number of carbonyl (C=O) groups excluding carboxylic acids is 2. The quantitative estimate of drug-likeness (QED) is 0.760. The Morgan fingerprint density at radius 1 is 1.38 bits per heavy atom. The van der Waals surface area contributed by atoms with E-state index in [2.05, 4.69) is 25.6 Å². The van der Waals surface area contributed by atoms with Crippen molar-refractivity contribution < 1.29 is 9.59 Å². The van der Waals surface area contributed by atoms with E-state index >= 15 is 0 Å². The Kier molecular flexibility index (Phi) is 4.70. The molecule has 3 rings (SSSR count). The van der Waals surface area contributed by atoms with Gasteiger partial charge in [-0.15, -0.1) is 0 Å². The van der Waals surface area contributed by atoms with Crippen molar-refractivity contribution in [2.24, 2.45) is 5.92 Å². The van der Waals surface area contributed by atoms with Crippen LogP contribution in [0.3, 0.4) is 0 Å². The molecule has 9 nitrogen and oxygen atoms in total. The zero-order chi connectivity index (χ0) is 18.8. The van der Waals surface area contributed by atoms with Gasteiger partial charge in [0.15, 0.2) is 11.5 Å². The first-order valence-corrected chi connectivity index (χ1v) is 8.31. The van der Waals surface area contributed by atoms with Gasteiger partial charge in [-0.2, -0.15) is 4.98 Å². The molecule has 0 fully saturated rings. The minimum absolute atomic E-state index is 0.0447. The van der Waals surface area contributed by atoms with Crippen LogP contribution in [0.2, 0.25) is 0 Å². The van der Waals surface area contributed by atoms with Crippen molar-refractivity contribution in [1.82, 2.24) is 15.0 Å². The molecule has 1 aliphatic rings. The number of fused-ring (bicyclic) bond motifs is 1. The van der Waals surface area contributed by atoms with Crippen molar-refractivity contribution in [1.29, 1.82) is 0 Å². The summed E-state index contributed by atoms with van der Waals surface area (Å²) in [4.78, 5) is 49.5. The molecule has 1 atom stereocenters. The first-order valence-electron chi connectivity index (χ1n) is 8.31. The Labute approximate surface area is 149 Å². The number of rotatable bonds is 3. The first kappa shape index (κ1) is 17.6. The molecule has 1 aliphatic heterocycles. The second-order valence-corrected chi connectivity index (χ2v) is 6.40. The summed E-state index contributed by atoms with van der Waals surface area (Å²) < 4.78 is 0. The molecule has 0 saturated heterocycles. The predicted octanol–water partition coefficient (Wildman–Crippen LogP) is 1.22. The van der Waals surface area contributed by atoms with Crippen molar-refractivity contribution in [3.05, 3.63) is 40.4 Å². The summed E-state index contributed by atoms with van der Waals surface area (Å²) in [6, 6.07) is 3.05. The van der Waals surface area contributed by atoms with Gasteiger partial charge in [0.1, 0.15) is 0 Å². The van der Waals surface area contributed by atoms with Gasteiger partial charge in [-0.3, -0.25) is 34.6 Å². The Balaban J connectivity index is 2.00. The van der Waals surface area contributed by atoms with Gasteiger partial charge >= 0.3 is 0 Å². The fourth-order valence-corrected chi connectivity index (χ4v) is 2.62. The highest BCUT2D eigenvalue weighted by Gasteiger charge is 2.33. The lowest BCUT2D eigenvalue weighted by atomic mass is 10.1. The number of pyridine rings is 1. The van der Waals surface area contributed by atoms with Gasteiger partial charge in [-0.25, -0.2) is 0 Å². The Hall–Kier alpha value is -3.23. The van der Waals surface area contributed by atoms with E-state index in [4.69, 9.17) is 0 Å². The molecule has 0 aliphatic carbocycles. The monoisotopic (exact) mass is 356 g/mol. The third-order valence-electron chi connectivity index (χ3n) is 4.03. The average molecular weight is 356 g/mol. The second-order valence-electron chi connectivity index (χ2n) is 6.40. The van der Waals surface area contributed by atoms with Gasteiger partial charge < -0.3 is 5.32 Å². The molecule has 0 aromatic carbocycles. The van der Waals surface area contributed by atoms with Crippen LogP contribution in [0.1, 0.15) is 31.1 Å². The molecule has 0 spiro atoms. The Morgan fingerprint density at radius 3 is 2.81 bits per heavy atom. The molecule has 9 heteroatoms. The van der Waals surface area contributed by atoms with Crippen LogP contribution in [0.25, 0.3) is 0 Å². The standard InChI is InChI=1S/C17H20N6O3/c1-9(2)14(24)21-17-20-13-12(15(25)22-17)23(10(3)7-19-13)16(26)11-5-4-6-18-8-11/h4-6,8-10H,7H2,1-3H3,(H3,19,20,21,22,24,25)/t10-/m1/s1. The third-order valence-corrected chi connectivity index (χ3v) is 4.03. The molecule has 0 bridgehead atoms. The number of nitrogens with one attached hydrogen (secondary N) is 3. The summed E-state index contributed by atoms with van der Waals surface area (Å²) in [7, 11) is 0. The third kappa shape index (κ3) is 3.28. The highest BCUT2D eigenvalue weighted by molar-refractivity contribution is 6.08. The molecule has 2 aromatic heterocycles. The number of amides is 2. The summed E-state index contributed by atoms with van der Waals surface area (Å²) in [6.07, 6.45) is 3.03. The smallest absolute Gasteiger partial charge is 0.278 e. The topological polar surface area (TPSA) is 120 Å². The zero-order valence-corrected chi connectivity index (χ0v) is 14.7. The second kappa shape index (κ2) is 6.95. The van der Waals surface area contributed by atoms with E-state index in [1.165, 1.54) is 11.1 Å². The minimum Gasteiger partial charge on any atom is -0.366 e. The van der Waals surface area contributed by atoms with E-state index < -0.39 is 5.56 Å². The number of hydrogen-bond donors (Lipinski definition) is 3. The summed E-state index contributed by atoms with van der Waals surface area (Å²) in [5.41, 5.74) is -0.00529. The van der Waals surface area contributed by atoms with E-state index in [1.54, 1.807) is 32.2 Å². The summed E-state index contributed by atoms with van der Waals surface area (Å²) >= 11 is 0. The van der Waals surface area contributed by atoms with Crippen LogP contribution in [0.4, 0.5) is 17.5 Å². The van der Waals surface area contributed by atoms with Crippen LogP contribution in [0.5, 0.6) is 0 Å². The van der Waals surface area contributed by atoms with Gasteiger partial charge in [0.05, 0.1) is 11.6 Å². The molecule has 2 aromatic rings. The number of aromatic amines is 1. The number of anilines is 3. The molecular formula is C17H20N6O3. The fourth-order valence-electron chi connectivity index (χ4n) is 2.62. The lowest BCUT2D eigenvalue weighted by Gasteiger charge is -2.34. The molecule has 0 unspecified atom stereocenters. The molecule has 26 heavy (non-hydrogen) atoms. The van der Waals surface area contributed by atoms with Gasteiger partial charge in [0.25, 0.3) is 11.5 Å². The van der Waals surface area contributed by atoms with E-state index in [1.807, 2.05) is 6.92 Å². The van der Waals surface area contributed by atoms with E-state index in [0.717, 1.165) is 0 Å². The van der Waals surface area contributed by atoms with Crippen LogP contribution in [-0.4, -0.2) is 39.4 Å². The SMILES string of the molecule is CC(C)C(=O)Nc1nc2c(c(=O)[nH]1)N(C(=O)c1cccnc1)[C@H](C)CN2. The largest absolute Gasteiger partial charge is 0.366 e. The number of carbonyl (C=O) groups is 2. The Morgan fingerprint density at radius 2 is 2.15 bits per heavy atom. The molecule has 136 valence electrons. The van der Waals surface area contributed by atoms with Crippen molar-refractivity contribution in [3.63, 3.8) is 0 Å². The van der Waals surface area contributed by atoms with E-state index in [0.29, 0.717) is 12.1 Å². The van der Waals surface area contributed by atoms with E-state index in [-0.39, 0.29) is 41.2 Å². The lowest BCUT2D eigenvalue weighted by molar-refractivity contribution is -0.118. The molecule has 3 heterocycles. The van der Waals surface area contributed by atoms with Crippen LogP contribution in [0.15, 0.2) is 29.3 Å². The van der Waals surface area contributed by atoms with Gasteiger partial charge in [-0.1, -0.05) is 13.8 Å². The summed E-state index contributed by atoms with van der Waals surface area (Å²) in [5, 5.41) is 5.60. The average Bonchev–Trinajstić information content (AvgIpc) is 2.62. The van der Waals surface area contributed by atoms with Gasteiger partial charge in [0.2, 0.25) is 11.9 Å². The molecule has 0 saturated carbocycles. The fraction of sp³-hybridized carbons (Fsp3) is 0.353. The maximum Gasteiger partial charge on any atom is 0.278 e. The van der Waals surface area contributed by atoms with E-state index in [9.17, 15) is 14.4 Å². The minimum atomic E-state index is -0.509. The zero-order valence-electron chi connectivity index (χ0n) is 14.7. The van der Waals surface area contributed by atoms with Crippen molar-refractivity contribution >= 4 is 29.3 Å². The van der Waals surface area contributed by atoms with Crippen molar-refractivity contribution in [2.45, 2.75) is 26.8 Å². The highest BCUT2D eigenvalue weighted by Crippen LogP contribution is 2.28. The summed E-state index contributed by atoms with van der Waals surface area (Å²) in [5.74, 6) is -0.556. The maximum atomic E-state index is 12.9. The maximum absolute atomic E-state index is 12.9. The number of nitrogens with zero attached hydrogens (tertiary/aromatic N) is 3. The molecule has 0 radical (unpaired) electrons. The molecular weight excluding hydrogens is 336 g/mol. The van der Waals surface area contributed by atoms with Gasteiger partial charge in [0, 0.05) is 24.9 Å². The Bertz CT molecular complexity index is 893. The van der Waals surface area contributed by atoms with Crippen molar-refractivity contribution in [2.75, 3.05) is 22.1 Å². The van der Waals surface area contributed by atoms with Crippen LogP contribution < -0.4 is 21.1 Å². The normalized spacial score (nSPS) is 16.0. The number of hydrogen-bond acceptors (Lipinski definition) is 6. The van der Waals surface area contributed by atoms with Crippen LogP contribution in [0, 0.1) is 5.92 Å². The van der Waals surface area contributed by atoms with Crippen LogP contribution >= 0.6 is 0 Å². The van der Waals surface area contributed by atoms with Gasteiger partial charge in [-0.05, 0) is 19.1 Å². The first-order chi connectivity index (χ1) is 12.4. The molecule has 2 amide bonds. The predicted molar refractivity (Wildman–Crippen MR) is 97.3 cm³/mol. The van der Waals surface area contributed by atoms with Crippen LogP contribution in [-0.2, 0) is 4.79 Å². The highest BCUT2D eigenvalue weighted by atomic mass is 16.2. The van der Waals surface area contributed by atoms with Crippen molar-refractivity contribution in [3.8, 4) is 0 Å². The number of H-pyrrole nitrogens is 1. The number of aromatic nitrogens is 3. The lowest BCUT2D eigenvalue weighted by Crippen LogP contribution is -2.49. The summed E-state index contributed by atoms with van der Waals surface area (Å²) in [6.45, 7) is 5.73.